The van der Waals surface area contributed by atoms with Gasteiger partial charge in [-0.05, 0) is 29.8 Å². The van der Waals surface area contributed by atoms with Gasteiger partial charge in [0.15, 0.2) is 5.60 Å². The molecule has 0 fully saturated rings. The number of aromatic nitrogens is 1. The van der Waals surface area contributed by atoms with Crippen LogP contribution in [0.3, 0.4) is 0 Å². The van der Waals surface area contributed by atoms with Gasteiger partial charge < -0.3 is 9.67 Å². The molecule has 0 saturated carbocycles. The first-order valence-corrected chi connectivity index (χ1v) is 11.0. The zero-order valence-corrected chi connectivity index (χ0v) is 17.9. The number of hydrogen-bond donors (Lipinski definition) is 1. The highest BCUT2D eigenvalue weighted by molar-refractivity contribution is 6.15. The highest BCUT2D eigenvalue weighted by Crippen LogP contribution is 2.49. The maximum atomic E-state index is 14.0. The van der Waals surface area contributed by atoms with E-state index in [2.05, 4.69) is 16.7 Å². The third-order valence-corrected chi connectivity index (χ3v) is 6.44. The third-order valence-electron chi connectivity index (χ3n) is 6.44. The van der Waals surface area contributed by atoms with Crippen LogP contribution in [-0.2, 0) is 16.9 Å². The van der Waals surface area contributed by atoms with Crippen molar-refractivity contribution in [1.82, 2.24) is 4.57 Å². The zero-order valence-electron chi connectivity index (χ0n) is 17.9. The molecule has 160 valence electrons. The fourth-order valence-corrected chi connectivity index (χ4v) is 4.90. The van der Waals surface area contributed by atoms with E-state index in [0.717, 1.165) is 22.2 Å². The lowest BCUT2D eigenvalue weighted by molar-refractivity contribution is -0.131. The number of nitrogens with zero attached hydrogens (tertiary/aromatic N) is 2. The van der Waals surface area contributed by atoms with Crippen molar-refractivity contribution in [3.8, 4) is 0 Å². The van der Waals surface area contributed by atoms with E-state index < -0.39 is 5.60 Å². The highest BCUT2D eigenvalue weighted by atomic mass is 16.3. The predicted molar refractivity (Wildman–Crippen MR) is 131 cm³/mol. The lowest BCUT2D eigenvalue weighted by Crippen LogP contribution is -2.39. The van der Waals surface area contributed by atoms with Crippen molar-refractivity contribution in [2.75, 3.05) is 4.90 Å². The van der Waals surface area contributed by atoms with Crippen molar-refractivity contribution in [1.29, 1.82) is 0 Å². The molecule has 0 spiro atoms. The molecule has 0 saturated heterocycles. The lowest BCUT2D eigenvalue weighted by Gasteiger charge is -2.23. The Hall–Kier alpha value is -4.15. The minimum Gasteiger partial charge on any atom is -0.372 e. The molecule has 0 bridgehead atoms. The molecule has 33 heavy (non-hydrogen) atoms. The largest absolute Gasteiger partial charge is 0.372 e. The normalized spacial score (nSPS) is 17.5. The number of rotatable bonds is 4. The van der Waals surface area contributed by atoms with Gasteiger partial charge in [0.25, 0.3) is 5.91 Å². The van der Waals surface area contributed by atoms with Gasteiger partial charge in [-0.3, -0.25) is 9.69 Å². The number of fused-ring (bicyclic) bond motifs is 2. The molecular weight excluding hydrogens is 408 g/mol. The molecule has 4 aromatic carbocycles. The van der Waals surface area contributed by atoms with Crippen molar-refractivity contribution in [3.05, 3.63) is 132 Å². The van der Waals surface area contributed by atoms with Crippen LogP contribution in [0.15, 0.2) is 115 Å². The number of carbonyl (C=O) groups is 1. The second-order valence-corrected chi connectivity index (χ2v) is 8.38. The first-order valence-electron chi connectivity index (χ1n) is 11.0. The van der Waals surface area contributed by atoms with E-state index in [-0.39, 0.29) is 5.91 Å². The smallest absolute Gasteiger partial charge is 0.273 e. The van der Waals surface area contributed by atoms with E-state index in [1.807, 2.05) is 103 Å². The number of aliphatic hydroxyl groups is 1. The van der Waals surface area contributed by atoms with Crippen LogP contribution in [0.5, 0.6) is 0 Å². The Balaban J connectivity index is 1.56. The standard InChI is InChI=1S/C29H22N2O2/c32-28-29(33,24-16-8-10-18-27(24)31(28)22-13-5-2-6-14-22)25-20-30(19-21-11-3-1-4-12-21)26-17-9-7-15-23(25)26/h1-18,20,33H,19H2/t29-/m0/s1. The summed E-state index contributed by atoms with van der Waals surface area (Å²) in [7, 11) is 0. The van der Waals surface area contributed by atoms with E-state index >= 15 is 0 Å². The summed E-state index contributed by atoms with van der Waals surface area (Å²) in [6.45, 7) is 0.648. The average molecular weight is 431 g/mol. The Morgan fingerprint density at radius 3 is 2.12 bits per heavy atom. The molecular formula is C29H22N2O2. The fraction of sp³-hybridized carbons (Fsp3) is 0.0690. The molecule has 1 atom stereocenters. The Bertz CT molecular complexity index is 1470. The molecule has 1 N–H and O–H groups in total. The van der Waals surface area contributed by atoms with E-state index in [0.29, 0.717) is 23.4 Å². The third kappa shape index (κ3) is 2.92. The van der Waals surface area contributed by atoms with Gasteiger partial charge in [-0.25, -0.2) is 0 Å². The summed E-state index contributed by atoms with van der Waals surface area (Å²) in [5, 5.41) is 13.1. The summed E-state index contributed by atoms with van der Waals surface area (Å²) in [6, 6.07) is 35.1. The van der Waals surface area contributed by atoms with Gasteiger partial charge in [0.2, 0.25) is 0 Å². The number of para-hydroxylation sites is 3. The van der Waals surface area contributed by atoms with Crippen molar-refractivity contribution in [2.45, 2.75) is 12.1 Å². The van der Waals surface area contributed by atoms with Crippen LogP contribution < -0.4 is 4.90 Å². The molecule has 1 aliphatic rings. The number of benzene rings is 4. The zero-order chi connectivity index (χ0) is 22.4. The summed E-state index contributed by atoms with van der Waals surface area (Å²) < 4.78 is 2.11. The van der Waals surface area contributed by atoms with Crippen LogP contribution >= 0.6 is 0 Å². The number of amides is 1. The SMILES string of the molecule is O=C1N(c2ccccc2)c2ccccc2[C@]1(O)c1cn(Cc2ccccc2)c2ccccc12. The topological polar surface area (TPSA) is 45.5 Å². The lowest BCUT2D eigenvalue weighted by atomic mass is 9.87. The Labute approximate surface area is 192 Å². The van der Waals surface area contributed by atoms with Crippen LogP contribution in [0.4, 0.5) is 11.4 Å². The number of carbonyl (C=O) groups excluding carboxylic acids is 1. The Kier molecular flexibility index (Phi) is 4.42. The van der Waals surface area contributed by atoms with E-state index in [1.54, 1.807) is 4.90 Å². The van der Waals surface area contributed by atoms with Gasteiger partial charge >= 0.3 is 0 Å². The van der Waals surface area contributed by atoms with Gasteiger partial charge in [-0.15, -0.1) is 0 Å². The summed E-state index contributed by atoms with van der Waals surface area (Å²) >= 11 is 0. The predicted octanol–water partition coefficient (Wildman–Crippen LogP) is 5.60. The summed E-state index contributed by atoms with van der Waals surface area (Å²) in [5.74, 6) is -0.363. The van der Waals surface area contributed by atoms with Crippen LogP contribution in [0.25, 0.3) is 10.9 Å². The summed E-state index contributed by atoms with van der Waals surface area (Å²) in [5.41, 5.74) is 2.99. The first-order chi connectivity index (χ1) is 16.2. The monoisotopic (exact) mass is 430 g/mol. The average Bonchev–Trinajstić information content (AvgIpc) is 3.34. The van der Waals surface area contributed by atoms with Crippen LogP contribution in [0.1, 0.15) is 16.7 Å². The second kappa shape index (κ2) is 7.47. The fourth-order valence-electron chi connectivity index (χ4n) is 4.90. The van der Waals surface area contributed by atoms with Crippen LogP contribution in [0.2, 0.25) is 0 Å². The summed E-state index contributed by atoms with van der Waals surface area (Å²) in [4.78, 5) is 15.6. The van der Waals surface area contributed by atoms with Gasteiger partial charge in [0, 0.05) is 40.5 Å². The molecule has 4 heteroatoms. The Morgan fingerprint density at radius 1 is 0.697 bits per heavy atom. The van der Waals surface area contributed by atoms with Gasteiger partial charge in [-0.2, -0.15) is 0 Å². The minimum atomic E-state index is -1.78. The van der Waals surface area contributed by atoms with E-state index in [1.165, 1.54) is 0 Å². The molecule has 6 rings (SSSR count). The Morgan fingerprint density at radius 2 is 1.33 bits per heavy atom. The molecule has 0 radical (unpaired) electrons. The molecule has 5 aromatic rings. The minimum absolute atomic E-state index is 0.363. The number of anilines is 2. The number of hydrogen-bond acceptors (Lipinski definition) is 2. The molecule has 2 heterocycles. The maximum absolute atomic E-state index is 14.0. The van der Waals surface area contributed by atoms with E-state index in [4.69, 9.17) is 0 Å². The second-order valence-electron chi connectivity index (χ2n) is 8.38. The molecule has 0 unspecified atom stereocenters. The molecule has 1 aromatic heterocycles. The maximum Gasteiger partial charge on any atom is 0.273 e. The van der Waals surface area contributed by atoms with Gasteiger partial charge in [0.05, 0.1) is 5.69 Å². The molecule has 0 aliphatic carbocycles. The van der Waals surface area contributed by atoms with Crippen molar-refractivity contribution in [2.24, 2.45) is 0 Å². The summed E-state index contributed by atoms with van der Waals surface area (Å²) in [6.07, 6.45) is 1.93. The van der Waals surface area contributed by atoms with Crippen molar-refractivity contribution >= 4 is 28.2 Å². The molecule has 4 nitrogen and oxygen atoms in total. The van der Waals surface area contributed by atoms with Crippen LogP contribution in [-0.4, -0.2) is 15.6 Å². The van der Waals surface area contributed by atoms with Crippen LogP contribution in [0, 0.1) is 0 Å². The molecule has 1 aliphatic heterocycles. The first kappa shape index (κ1) is 19.5. The van der Waals surface area contributed by atoms with E-state index in [9.17, 15) is 9.90 Å². The molecule has 1 amide bonds. The highest BCUT2D eigenvalue weighted by Gasteiger charge is 2.52. The quantitative estimate of drug-likeness (QED) is 0.403. The van der Waals surface area contributed by atoms with Gasteiger partial charge in [-0.1, -0.05) is 84.9 Å². The van der Waals surface area contributed by atoms with Crippen molar-refractivity contribution in [3.63, 3.8) is 0 Å². The van der Waals surface area contributed by atoms with Gasteiger partial charge in [0.1, 0.15) is 0 Å². The van der Waals surface area contributed by atoms with Crippen molar-refractivity contribution < 1.29 is 9.90 Å².